The first-order valence-corrected chi connectivity index (χ1v) is 6.62. The molecule has 1 N–H and O–H groups in total. The van der Waals surface area contributed by atoms with E-state index < -0.39 is 0 Å². The summed E-state index contributed by atoms with van der Waals surface area (Å²) in [6.45, 7) is 5.07. The van der Waals surface area contributed by atoms with Crippen LogP contribution in [0.25, 0.3) is 5.82 Å². The smallest absolute Gasteiger partial charge is 0.157 e. The predicted octanol–water partition coefficient (Wildman–Crippen LogP) is 2.37. The Hall–Kier alpha value is -0.950. The van der Waals surface area contributed by atoms with Gasteiger partial charge in [0.05, 0.1) is 9.77 Å². The Labute approximate surface area is 115 Å². The molecular weight excluding hydrogens is 327 g/mol. The molecule has 0 fully saturated rings. The maximum atomic E-state index is 4.40. The van der Waals surface area contributed by atoms with Crippen molar-refractivity contribution in [1.82, 2.24) is 20.1 Å². The first-order chi connectivity index (χ1) is 8.16. The topological polar surface area (TPSA) is 42.7 Å². The van der Waals surface area contributed by atoms with Crippen LogP contribution >= 0.6 is 22.6 Å². The van der Waals surface area contributed by atoms with Gasteiger partial charge in [-0.15, -0.1) is 0 Å². The van der Waals surface area contributed by atoms with Crippen LogP contribution in [0, 0.1) is 3.57 Å². The van der Waals surface area contributed by atoms with Gasteiger partial charge in [0.25, 0.3) is 0 Å². The Bertz CT molecular complexity index is 493. The van der Waals surface area contributed by atoms with Crippen molar-refractivity contribution >= 4 is 22.6 Å². The van der Waals surface area contributed by atoms with Crippen LogP contribution in [0.2, 0.25) is 0 Å². The molecule has 0 saturated carbocycles. The SMILES string of the molecule is CC(C)NCc1cccnc1-n1cc(I)cn1. The van der Waals surface area contributed by atoms with E-state index in [4.69, 9.17) is 0 Å². The molecule has 0 aromatic carbocycles. The van der Waals surface area contributed by atoms with E-state index in [9.17, 15) is 0 Å². The van der Waals surface area contributed by atoms with Crippen LogP contribution in [0.1, 0.15) is 19.4 Å². The van der Waals surface area contributed by atoms with Gasteiger partial charge in [-0.1, -0.05) is 19.9 Å². The normalized spacial score (nSPS) is 11.1. The Morgan fingerprint density at radius 3 is 2.94 bits per heavy atom. The summed E-state index contributed by atoms with van der Waals surface area (Å²) in [7, 11) is 0. The fraction of sp³-hybridized carbons (Fsp3) is 0.333. The zero-order valence-corrected chi connectivity index (χ0v) is 12.0. The molecule has 0 amide bonds. The third-order valence-electron chi connectivity index (χ3n) is 2.34. The number of rotatable bonds is 4. The van der Waals surface area contributed by atoms with Gasteiger partial charge in [0, 0.05) is 30.5 Å². The van der Waals surface area contributed by atoms with Crippen molar-refractivity contribution < 1.29 is 0 Å². The first kappa shape index (κ1) is 12.5. The molecule has 2 aromatic rings. The lowest BCUT2D eigenvalue weighted by molar-refractivity contribution is 0.585. The summed E-state index contributed by atoms with van der Waals surface area (Å²) in [6, 6.07) is 4.49. The Morgan fingerprint density at radius 1 is 1.47 bits per heavy atom. The molecule has 2 heterocycles. The predicted molar refractivity (Wildman–Crippen MR) is 76.1 cm³/mol. The van der Waals surface area contributed by atoms with Gasteiger partial charge >= 0.3 is 0 Å². The Balaban J connectivity index is 2.27. The summed E-state index contributed by atoms with van der Waals surface area (Å²) in [4.78, 5) is 4.40. The molecule has 2 aromatic heterocycles. The summed E-state index contributed by atoms with van der Waals surface area (Å²) in [5.41, 5.74) is 1.15. The van der Waals surface area contributed by atoms with Crippen LogP contribution in [0.5, 0.6) is 0 Å². The monoisotopic (exact) mass is 342 g/mol. The fourth-order valence-corrected chi connectivity index (χ4v) is 1.89. The molecule has 0 spiro atoms. The van der Waals surface area contributed by atoms with Crippen molar-refractivity contribution in [1.29, 1.82) is 0 Å². The van der Waals surface area contributed by atoms with E-state index in [1.807, 2.05) is 23.1 Å². The van der Waals surface area contributed by atoms with E-state index in [1.54, 1.807) is 6.20 Å². The van der Waals surface area contributed by atoms with E-state index in [2.05, 4.69) is 57.9 Å². The van der Waals surface area contributed by atoms with Gasteiger partial charge in [-0.05, 0) is 28.7 Å². The van der Waals surface area contributed by atoms with Crippen LogP contribution in [0.3, 0.4) is 0 Å². The average molecular weight is 342 g/mol. The minimum atomic E-state index is 0.459. The molecule has 0 aliphatic rings. The van der Waals surface area contributed by atoms with Crippen molar-refractivity contribution in [2.45, 2.75) is 26.4 Å². The van der Waals surface area contributed by atoms with E-state index in [0.29, 0.717) is 6.04 Å². The van der Waals surface area contributed by atoms with Crippen molar-refractivity contribution in [3.05, 3.63) is 39.9 Å². The van der Waals surface area contributed by atoms with Crippen molar-refractivity contribution in [2.75, 3.05) is 0 Å². The van der Waals surface area contributed by atoms with Crippen LogP contribution in [-0.4, -0.2) is 20.8 Å². The van der Waals surface area contributed by atoms with Crippen LogP contribution in [0.15, 0.2) is 30.7 Å². The third kappa shape index (κ3) is 3.26. The summed E-state index contributed by atoms with van der Waals surface area (Å²) in [5, 5.41) is 7.69. The number of halogens is 1. The Morgan fingerprint density at radius 2 is 2.29 bits per heavy atom. The molecule has 90 valence electrons. The summed E-state index contributed by atoms with van der Waals surface area (Å²) in [5.74, 6) is 0.892. The highest BCUT2D eigenvalue weighted by Gasteiger charge is 2.07. The van der Waals surface area contributed by atoms with E-state index in [-0.39, 0.29) is 0 Å². The standard InChI is InChI=1S/C12H15IN4/c1-9(2)15-6-10-4-3-5-14-12(10)17-8-11(13)7-16-17/h3-5,7-9,15H,6H2,1-2H3. The third-order valence-corrected chi connectivity index (χ3v) is 2.89. The van der Waals surface area contributed by atoms with Crippen molar-refractivity contribution in [3.63, 3.8) is 0 Å². The van der Waals surface area contributed by atoms with Gasteiger partial charge in [0.1, 0.15) is 0 Å². The molecule has 5 heteroatoms. The van der Waals surface area contributed by atoms with Gasteiger partial charge in [-0.2, -0.15) is 5.10 Å². The lowest BCUT2D eigenvalue weighted by Crippen LogP contribution is -2.23. The highest BCUT2D eigenvalue weighted by Crippen LogP contribution is 2.12. The average Bonchev–Trinajstić information content (AvgIpc) is 2.73. The zero-order chi connectivity index (χ0) is 12.3. The molecule has 0 saturated heterocycles. The number of hydrogen-bond donors (Lipinski definition) is 1. The summed E-state index contributed by atoms with van der Waals surface area (Å²) in [6.07, 6.45) is 5.60. The maximum Gasteiger partial charge on any atom is 0.157 e. The van der Waals surface area contributed by atoms with Gasteiger partial charge in [0.2, 0.25) is 0 Å². The molecule has 0 aliphatic carbocycles. The van der Waals surface area contributed by atoms with Gasteiger partial charge in [-0.25, -0.2) is 9.67 Å². The first-order valence-electron chi connectivity index (χ1n) is 5.54. The number of pyridine rings is 1. The summed E-state index contributed by atoms with van der Waals surface area (Å²) >= 11 is 2.24. The minimum absolute atomic E-state index is 0.459. The van der Waals surface area contributed by atoms with E-state index >= 15 is 0 Å². The molecule has 0 bridgehead atoms. The highest BCUT2D eigenvalue weighted by molar-refractivity contribution is 14.1. The molecule has 0 unspecified atom stereocenters. The maximum absolute atomic E-state index is 4.40. The largest absolute Gasteiger partial charge is 0.310 e. The molecule has 17 heavy (non-hydrogen) atoms. The van der Waals surface area contributed by atoms with Gasteiger partial charge in [0.15, 0.2) is 5.82 Å². The number of hydrogen-bond acceptors (Lipinski definition) is 3. The van der Waals surface area contributed by atoms with Crippen LogP contribution < -0.4 is 5.32 Å². The molecule has 0 radical (unpaired) electrons. The lowest BCUT2D eigenvalue weighted by Gasteiger charge is -2.11. The molecular formula is C12H15IN4. The van der Waals surface area contributed by atoms with Crippen molar-refractivity contribution in [3.8, 4) is 5.82 Å². The van der Waals surface area contributed by atoms with Crippen LogP contribution in [0.4, 0.5) is 0 Å². The molecule has 0 aliphatic heterocycles. The quantitative estimate of drug-likeness (QED) is 0.868. The van der Waals surface area contributed by atoms with E-state index in [1.165, 1.54) is 0 Å². The fourth-order valence-electron chi connectivity index (χ4n) is 1.51. The lowest BCUT2D eigenvalue weighted by atomic mass is 10.2. The number of nitrogens with zero attached hydrogens (tertiary/aromatic N) is 3. The van der Waals surface area contributed by atoms with E-state index in [0.717, 1.165) is 21.5 Å². The second-order valence-electron chi connectivity index (χ2n) is 4.12. The van der Waals surface area contributed by atoms with Gasteiger partial charge < -0.3 is 5.32 Å². The Kier molecular flexibility index (Phi) is 4.11. The second kappa shape index (κ2) is 5.59. The zero-order valence-electron chi connectivity index (χ0n) is 9.89. The summed E-state index contributed by atoms with van der Waals surface area (Å²) < 4.78 is 2.93. The van der Waals surface area contributed by atoms with Gasteiger partial charge in [-0.3, -0.25) is 0 Å². The second-order valence-corrected chi connectivity index (χ2v) is 5.37. The van der Waals surface area contributed by atoms with Crippen molar-refractivity contribution in [2.24, 2.45) is 0 Å². The van der Waals surface area contributed by atoms with Crippen LogP contribution in [-0.2, 0) is 6.54 Å². The molecule has 4 nitrogen and oxygen atoms in total. The minimum Gasteiger partial charge on any atom is -0.310 e. The highest BCUT2D eigenvalue weighted by atomic mass is 127. The number of nitrogens with one attached hydrogen (secondary N) is 1. The number of aromatic nitrogens is 3. The molecule has 2 rings (SSSR count). The molecule has 0 atom stereocenters.